The Morgan fingerprint density at radius 1 is 1.33 bits per heavy atom. The van der Waals surface area contributed by atoms with Crippen LogP contribution < -0.4 is 5.32 Å². The highest BCUT2D eigenvalue weighted by molar-refractivity contribution is 7.98. The van der Waals surface area contributed by atoms with Crippen LogP contribution in [0.15, 0.2) is 53.6 Å². The SMILES string of the molecule is COCCN(C(=S)Nc1cccc(SC)c1)[C@@H](C)c1ccccn1. The van der Waals surface area contributed by atoms with Crippen molar-refractivity contribution in [3.05, 3.63) is 54.4 Å². The molecule has 0 saturated carbocycles. The standard InChI is InChI=1S/C18H23N3OS2/c1-14(17-9-4-5-10-19-17)21(11-12-22-2)18(23)20-15-7-6-8-16(13-15)24-3/h4-10,13-14H,11-12H2,1-3H3,(H,20,23)/t14-/m0/s1. The number of pyridine rings is 1. The first-order valence-corrected chi connectivity index (χ1v) is 9.40. The summed E-state index contributed by atoms with van der Waals surface area (Å²) in [4.78, 5) is 7.75. The number of thioether (sulfide) groups is 1. The molecule has 2 aromatic rings. The lowest BCUT2D eigenvalue weighted by molar-refractivity contribution is 0.164. The third-order valence-corrected chi connectivity index (χ3v) is 4.76. The molecular weight excluding hydrogens is 338 g/mol. The minimum absolute atomic E-state index is 0.0603. The summed E-state index contributed by atoms with van der Waals surface area (Å²) in [6, 6.07) is 14.2. The van der Waals surface area contributed by atoms with E-state index in [1.165, 1.54) is 4.90 Å². The molecule has 1 N–H and O–H groups in total. The van der Waals surface area contributed by atoms with Gasteiger partial charge in [0.05, 0.1) is 18.3 Å². The van der Waals surface area contributed by atoms with Crippen LogP contribution in [0.2, 0.25) is 0 Å². The van der Waals surface area contributed by atoms with Crippen molar-refractivity contribution >= 4 is 34.8 Å². The molecule has 0 amide bonds. The smallest absolute Gasteiger partial charge is 0.174 e. The zero-order valence-electron chi connectivity index (χ0n) is 14.2. The fourth-order valence-corrected chi connectivity index (χ4v) is 3.17. The summed E-state index contributed by atoms with van der Waals surface area (Å²) in [5, 5.41) is 4.01. The Morgan fingerprint density at radius 3 is 2.83 bits per heavy atom. The van der Waals surface area contributed by atoms with Crippen LogP contribution in [0.5, 0.6) is 0 Å². The molecule has 24 heavy (non-hydrogen) atoms. The van der Waals surface area contributed by atoms with Crippen LogP contribution >= 0.6 is 24.0 Å². The Bertz CT molecular complexity index is 652. The lowest BCUT2D eigenvalue weighted by Gasteiger charge is -2.31. The number of nitrogens with one attached hydrogen (secondary N) is 1. The maximum Gasteiger partial charge on any atom is 0.174 e. The van der Waals surface area contributed by atoms with E-state index in [4.69, 9.17) is 17.0 Å². The maximum absolute atomic E-state index is 5.65. The number of thiocarbonyl (C=S) groups is 1. The Morgan fingerprint density at radius 2 is 2.17 bits per heavy atom. The van der Waals surface area contributed by atoms with E-state index in [0.717, 1.165) is 11.4 Å². The lowest BCUT2D eigenvalue weighted by atomic mass is 10.2. The zero-order valence-corrected chi connectivity index (χ0v) is 15.9. The van der Waals surface area contributed by atoms with E-state index in [-0.39, 0.29) is 6.04 Å². The summed E-state index contributed by atoms with van der Waals surface area (Å²) in [6.45, 7) is 3.40. The van der Waals surface area contributed by atoms with E-state index in [2.05, 4.69) is 40.5 Å². The van der Waals surface area contributed by atoms with Gasteiger partial charge in [-0.1, -0.05) is 12.1 Å². The van der Waals surface area contributed by atoms with Crippen molar-refractivity contribution in [1.29, 1.82) is 0 Å². The molecule has 0 aliphatic carbocycles. The van der Waals surface area contributed by atoms with E-state index in [0.29, 0.717) is 18.3 Å². The quantitative estimate of drug-likeness (QED) is 0.588. The summed E-state index contributed by atoms with van der Waals surface area (Å²) in [6.07, 6.45) is 3.87. The normalized spacial score (nSPS) is 11.8. The number of nitrogens with zero attached hydrogens (tertiary/aromatic N) is 2. The summed E-state index contributed by atoms with van der Waals surface area (Å²) in [7, 11) is 1.70. The van der Waals surface area contributed by atoms with E-state index in [1.54, 1.807) is 25.1 Å². The van der Waals surface area contributed by atoms with Crippen LogP contribution in [0, 0.1) is 0 Å². The average molecular weight is 362 g/mol. The van der Waals surface area contributed by atoms with Crippen molar-refractivity contribution in [2.45, 2.75) is 17.9 Å². The van der Waals surface area contributed by atoms with Gasteiger partial charge in [-0.25, -0.2) is 0 Å². The topological polar surface area (TPSA) is 37.4 Å². The number of hydrogen-bond acceptors (Lipinski definition) is 4. The molecular formula is C18H23N3OS2. The van der Waals surface area contributed by atoms with Gasteiger partial charge in [-0.2, -0.15) is 0 Å². The van der Waals surface area contributed by atoms with Crippen molar-refractivity contribution in [2.24, 2.45) is 0 Å². The fraction of sp³-hybridized carbons (Fsp3) is 0.333. The van der Waals surface area contributed by atoms with E-state index < -0.39 is 0 Å². The van der Waals surface area contributed by atoms with Gasteiger partial charge in [-0.05, 0) is 55.7 Å². The van der Waals surface area contributed by atoms with Crippen LogP contribution in [0.1, 0.15) is 18.7 Å². The molecule has 4 nitrogen and oxygen atoms in total. The summed E-state index contributed by atoms with van der Waals surface area (Å²) >= 11 is 7.36. The van der Waals surface area contributed by atoms with Crippen LogP contribution in [0.4, 0.5) is 5.69 Å². The predicted molar refractivity (Wildman–Crippen MR) is 106 cm³/mol. The van der Waals surface area contributed by atoms with Gasteiger partial charge >= 0.3 is 0 Å². The summed E-state index contributed by atoms with van der Waals surface area (Å²) in [5.41, 5.74) is 1.97. The highest BCUT2D eigenvalue weighted by Gasteiger charge is 2.19. The number of benzene rings is 1. The molecule has 1 aromatic carbocycles. The van der Waals surface area contributed by atoms with E-state index in [1.807, 2.05) is 30.3 Å². The van der Waals surface area contributed by atoms with Crippen LogP contribution in [0.25, 0.3) is 0 Å². The van der Waals surface area contributed by atoms with Gasteiger partial charge in [0.15, 0.2) is 5.11 Å². The summed E-state index contributed by atoms with van der Waals surface area (Å²) in [5.74, 6) is 0. The van der Waals surface area contributed by atoms with Crippen LogP contribution in [-0.4, -0.2) is 41.5 Å². The van der Waals surface area contributed by atoms with E-state index >= 15 is 0 Å². The molecule has 0 spiro atoms. The first-order chi connectivity index (χ1) is 11.7. The molecule has 1 aromatic heterocycles. The maximum atomic E-state index is 5.65. The lowest BCUT2D eigenvalue weighted by Crippen LogP contribution is -2.39. The van der Waals surface area contributed by atoms with Crippen molar-refractivity contribution in [3.63, 3.8) is 0 Å². The molecule has 0 radical (unpaired) electrons. The number of anilines is 1. The summed E-state index contributed by atoms with van der Waals surface area (Å²) < 4.78 is 5.24. The molecule has 1 heterocycles. The third-order valence-electron chi connectivity index (χ3n) is 3.70. The van der Waals surface area contributed by atoms with Crippen molar-refractivity contribution in [2.75, 3.05) is 31.8 Å². The Hall–Kier alpha value is -1.63. The van der Waals surface area contributed by atoms with Crippen molar-refractivity contribution < 1.29 is 4.74 Å². The van der Waals surface area contributed by atoms with Gasteiger partial charge in [0.1, 0.15) is 0 Å². The van der Waals surface area contributed by atoms with Gasteiger partial charge in [0.25, 0.3) is 0 Å². The Labute approximate surface area is 153 Å². The number of aromatic nitrogens is 1. The molecule has 1 atom stereocenters. The second-order valence-electron chi connectivity index (χ2n) is 5.28. The number of methoxy groups -OCH3 is 1. The highest BCUT2D eigenvalue weighted by Crippen LogP contribution is 2.22. The minimum Gasteiger partial charge on any atom is -0.383 e. The Kier molecular flexibility index (Phi) is 7.49. The number of rotatable bonds is 7. The predicted octanol–water partition coefficient (Wildman–Crippen LogP) is 4.21. The molecule has 128 valence electrons. The second-order valence-corrected chi connectivity index (χ2v) is 6.55. The number of ether oxygens (including phenoxy) is 1. The molecule has 0 aliphatic heterocycles. The van der Waals surface area contributed by atoms with Gasteiger partial charge in [0, 0.05) is 30.4 Å². The molecule has 0 aliphatic rings. The minimum atomic E-state index is 0.0603. The average Bonchev–Trinajstić information content (AvgIpc) is 2.62. The second kappa shape index (κ2) is 9.61. The van der Waals surface area contributed by atoms with Gasteiger partial charge in [0.2, 0.25) is 0 Å². The number of hydrogen-bond donors (Lipinski definition) is 1. The molecule has 0 fully saturated rings. The first-order valence-electron chi connectivity index (χ1n) is 7.77. The van der Waals surface area contributed by atoms with Crippen molar-refractivity contribution in [1.82, 2.24) is 9.88 Å². The van der Waals surface area contributed by atoms with Crippen molar-refractivity contribution in [3.8, 4) is 0 Å². The molecule has 0 saturated heterocycles. The molecule has 0 bridgehead atoms. The van der Waals surface area contributed by atoms with Gasteiger partial charge in [-0.15, -0.1) is 11.8 Å². The van der Waals surface area contributed by atoms with Crippen LogP contribution in [-0.2, 0) is 4.74 Å². The van der Waals surface area contributed by atoms with E-state index in [9.17, 15) is 0 Å². The third kappa shape index (κ3) is 5.19. The van der Waals surface area contributed by atoms with Gasteiger partial charge in [-0.3, -0.25) is 4.98 Å². The largest absolute Gasteiger partial charge is 0.383 e. The van der Waals surface area contributed by atoms with Crippen LogP contribution in [0.3, 0.4) is 0 Å². The fourth-order valence-electron chi connectivity index (χ4n) is 2.34. The zero-order chi connectivity index (χ0) is 17.4. The van der Waals surface area contributed by atoms with Gasteiger partial charge < -0.3 is 15.0 Å². The first kappa shape index (κ1) is 18.7. The Balaban J connectivity index is 2.15. The molecule has 2 rings (SSSR count). The molecule has 0 unspecified atom stereocenters. The highest BCUT2D eigenvalue weighted by atomic mass is 32.2. The molecule has 6 heteroatoms. The monoisotopic (exact) mass is 361 g/mol.